The first kappa shape index (κ1) is 15.0. The van der Waals surface area contributed by atoms with Crippen molar-refractivity contribution in [3.8, 4) is 0 Å². The monoisotopic (exact) mass is 256 g/mol. The predicted octanol–water partition coefficient (Wildman–Crippen LogP) is 2.70. The van der Waals surface area contributed by atoms with E-state index in [1.54, 1.807) is 27.7 Å². The predicted molar refractivity (Wildman–Crippen MR) is 67.9 cm³/mol. The van der Waals surface area contributed by atoms with Crippen LogP contribution in [0.5, 0.6) is 0 Å². The highest BCUT2D eigenvalue weighted by Gasteiger charge is 2.45. The van der Waals surface area contributed by atoms with Crippen LogP contribution in [-0.4, -0.2) is 24.1 Å². The van der Waals surface area contributed by atoms with Crippen LogP contribution in [0.1, 0.15) is 53.9 Å². The lowest BCUT2D eigenvalue weighted by molar-refractivity contribution is -0.162. The van der Waals surface area contributed by atoms with Crippen molar-refractivity contribution in [3.63, 3.8) is 0 Å². The number of hydrogen-bond donors (Lipinski definition) is 0. The van der Waals surface area contributed by atoms with Gasteiger partial charge in [0.1, 0.15) is 6.10 Å². The maximum Gasteiger partial charge on any atom is 0.313 e. The molecule has 0 aliphatic carbocycles. The summed E-state index contributed by atoms with van der Waals surface area (Å²) in [5.41, 5.74) is -0.555. The first-order valence-electron chi connectivity index (χ1n) is 6.69. The molecule has 0 bridgehead atoms. The van der Waals surface area contributed by atoms with Crippen LogP contribution in [0.25, 0.3) is 0 Å². The minimum atomic E-state index is -0.555. The molecule has 4 heteroatoms. The molecular weight excluding hydrogens is 232 g/mol. The van der Waals surface area contributed by atoms with E-state index in [1.165, 1.54) is 0 Å². The maximum atomic E-state index is 11.9. The minimum absolute atomic E-state index is 0.234. The molecule has 0 aromatic rings. The smallest absolute Gasteiger partial charge is 0.313 e. The number of hydrogen-bond acceptors (Lipinski definition) is 4. The van der Waals surface area contributed by atoms with E-state index in [1.807, 2.05) is 0 Å². The van der Waals surface area contributed by atoms with Crippen LogP contribution in [0.15, 0.2) is 0 Å². The van der Waals surface area contributed by atoms with Crippen LogP contribution in [0, 0.1) is 11.3 Å². The average molecular weight is 256 g/mol. The van der Waals surface area contributed by atoms with Crippen molar-refractivity contribution < 1.29 is 19.1 Å². The van der Waals surface area contributed by atoms with E-state index in [0.717, 1.165) is 19.3 Å². The molecule has 0 aromatic carbocycles. The van der Waals surface area contributed by atoms with E-state index in [0.29, 0.717) is 0 Å². The Morgan fingerprint density at radius 3 is 2.50 bits per heavy atom. The van der Waals surface area contributed by atoms with Gasteiger partial charge in [0.05, 0.1) is 11.3 Å². The summed E-state index contributed by atoms with van der Waals surface area (Å²) < 4.78 is 10.7. The van der Waals surface area contributed by atoms with Crippen molar-refractivity contribution in [3.05, 3.63) is 0 Å². The van der Waals surface area contributed by atoms with E-state index in [4.69, 9.17) is 9.47 Å². The molecule has 3 atom stereocenters. The summed E-state index contributed by atoms with van der Waals surface area (Å²) in [7, 11) is 0. The van der Waals surface area contributed by atoms with Crippen molar-refractivity contribution in [2.75, 3.05) is 0 Å². The molecule has 104 valence electrons. The Balaban J connectivity index is 2.71. The van der Waals surface area contributed by atoms with Crippen molar-refractivity contribution in [2.24, 2.45) is 11.3 Å². The summed E-state index contributed by atoms with van der Waals surface area (Å²) in [6, 6.07) is 0. The van der Waals surface area contributed by atoms with Gasteiger partial charge >= 0.3 is 11.9 Å². The topological polar surface area (TPSA) is 52.6 Å². The van der Waals surface area contributed by atoms with E-state index in [2.05, 4.69) is 6.92 Å². The molecule has 0 aromatic heterocycles. The van der Waals surface area contributed by atoms with Crippen LogP contribution in [0.4, 0.5) is 0 Å². The van der Waals surface area contributed by atoms with Crippen molar-refractivity contribution >= 4 is 11.9 Å². The Bertz CT molecular complexity index is 316. The Hall–Kier alpha value is -1.06. The summed E-state index contributed by atoms with van der Waals surface area (Å²) in [4.78, 5) is 23.6. The number of ether oxygens (including phenoxy) is 2. The van der Waals surface area contributed by atoms with Gasteiger partial charge in [-0.05, 0) is 34.1 Å². The lowest BCUT2D eigenvalue weighted by Gasteiger charge is -2.24. The summed E-state index contributed by atoms with van der Waals surface area (Å²) >= 11 is 0. The first-order valence-corrected chi connectivity index (χ1v) is 6.69. The molecule has 0 radical (unpaired) electrons. The van der Waals surface area contributed by atoms with Crippen molar-refractivity contribution in [1.82, 2.24) is 0 Å². The highest BCUT2D eigenvalue weighted by atomic mass is 16.6. The lowest BCUT2D eigenvalue weighted by Crippen LogP contribution is -2.35. The van der Waals surface area contributed by atoms with Crippen molar-refractivity contribution in [2.45, 2.75) is 66.1 Å². The summed E-state index contributed by atoms with van der Waals surface area (Å²) in [6.07, 6.45) is 1.90. The molecular formula is C14H24O4. The third-order valence-electron chi connectivity index (χ3n) is 3.19. The Morgan fingerprint density at radius 1 is 1.39 bits per heavy atom. The van der Waals surface area contributed by atoms with E-state index in [-0.39, 0.29) is 24.0 Å². The Kier molecular flexibility index (Phi) is 4.77. The van der Waals surface area contributed by atoms with Crippen LogP contribution in [0.2, 0.25) is 0 Å². The maximum absolute atomic E-state index is 11.9. The normalized spacial score (nSPS) is 28.1. The molecule has 1 rings (SSSR count). The summed E-state index contributed by atoms with van der Waals surface area (Å²) in [6.45, 7) is 9.26. The molecule has 1 aliphatic rings. The number of unbranched alkanes of at least 4 members (excludes halogenated alkanes) is 1. The molecule has 1 heterocycles. The molecule has 0 saturated carbocycles. The Labute approximate surface area is 109 Å². The second-order valence-electron chi connectivity index (χ2n) is 6.01. The second-order valence-corrected chi connectivity index (χ2v) is 6.01. The summed E-state index contributed by atoms with van der Waals surface area (Å²) in [5, 5.41) is 0. The number of cyclic esters (lactones) is 1. The molecule has 1 saturated heterocycles. The zero-order chi connectivity index (χ0) is 13.9. The average Bonchev–Trinajstić information content (AvgIpc) is 2.50. The zero-order valence-corrected chi connectivity index (χ0v) is 12.0. The van der Waals surface area contributed by atoms with Crippen molar-refractivity contribution in [1.29, 1.82) is 0 Å². The highest BCUT2D eigenvalue weighted by molar-refractivity contribution is 5.79. The van der Waals surface area contributed by atoms with Crippen LogP contribution < -0.4 is 0 Å². The Morgan fingerprint density at radius 2 is 2.00 bits per heavy atom. The largest absolute Gasteiger partial charge is 0.458 e. The van der Waals surface area contributed by atoms with Gasteiger partial charge in [-0.25, -0.2) is 0 Å². The van der Waals surface area contributed by atoms with E-state index >= 15 is 0 Å². The fraction of sp³-hybridized carbons (Fsp3) is 0.857. The van der Waals surface area contributed by atoms with Gasteiger partial charge in [0.15, 0.2) is 6.10 Å². The SMILES string of the molecule is CCCC[C@H]1C(=O)O[C@@H](C)[C@@H]1OC(=O)C(C)(C)C. The molecule has 0 amide bonds. The van der Waals surface area contributed by atoms with Crippen LogP contribution in [0.3, 0.4) is 0 Å². The molecule has 1 aliphatic heterocycles. The van der Waals surface area contributed by atoms with Gasteiger partial charge in [-0.15, -0.1) is 0 Å². The number of esters is 2. The lowest BCUT2D eigenvalue weighted by atomic mass is 9.94. The fourth-order valence-electron chi connectivity index (χ4n) is 1.98. The van der Waals surface area contributed by atoms with Gasteiger partial charge in [-0.1, -0.05) is 19.8 Å². The van der Waals surface area contributed by atoms with Gasteiger partial charge in [0, 0.05) is 0 Å². The molecule has 0 unspecified atom stereocenters. The van der Waals surface area contributed by atoms with Crippen LogP contribution in [-0.2, 0) is 19.1 Å². The van der Waals surface area contributed by atoms with E-state index in [9.17, 15) is 9.59 Å². The van der Waals surface area contributed by atoms with E-state index < -0.39 is 11.5 Å². The molecule has 0 spiro atoms. The van der Waals surface area contributed by atoms with Gasteiger partial charge in [0.2, 0.25) is 0 Å². The van der Waals surface area contributed by atoms with Gasteiger partial charge in [-0.2, -0.15) is 0 Å². The quantitative estimate of drug-likeness (QED) is 0.726. The van der Waals surface area contributed by atoms with Gasteiger partial charge in [0.25, 0.3) is 0 Å². The highest BCUT2D eigenvalue weighted by Crippen LogP contribution is 2.30. The molecule has 0 N–H and O–H groups in total. The van der Waals surface area contributed by atoms with Gasteiger partial charge < -0.3 is 9.47 Å². The molecule has 18 heavy (non-hydrogen) atoms. The third-order valence-corrected chi connectivity index (χ3v) is 3.19. The number of carbonyl (C=O) groups is 2. The standard InChI is InChI=1S/C14H24O4/c1-6-7-8-10-11(9(2)17-12(10)15)18-13(16)14(3,4)5/h9-11H,6-8H2,1-5H3/t9-,10+,11-/m0/s1. The number of carbonyl (C=O) groups excluding carboxylic acids is 2. The summed E-state index contributed by atoms with van der Waals surface area (Å²) in [5.74, 6) is -0.812. The first-order chi connectivity index (χ1) is 8.27. The third kappa shape index (κ3) is 3.47. The van der Waals surface area contributed by atoms with Gasteiger partial charge in [-0.3, -0.25) is 9.59 Å². The molecule has 1 fully saturated rings. The fourth-order valence-corrected chi connectivity index (χ4v) is 1.98. The van der Waals surface area contributed by atoms with Crippen LogP contribution >= 0.6 is 0 Å². The second kappa shape index (κ2) is 5.72. The molecule has 4 nitrogen and oxygen atoms in total. The zero-order valence-electron chi connectivity index (χ0n) is 12.0. The number of rotatable bonds is 4. The minimum Gasteiger partial charge on any atom is -0.458 e.